The van der Waals surface area contributed by atoms with E-state index in [2.05, 4.69) is 106 Å². The molecular formula is C41H48I2N2O7. The van der Waals surface area contributed by atoms with Crippen molar-refractivity contribution in [2.24, 2.45) is 0 Å². The van der Waals surface area contributed by atoms with Gasteiger partial charge in [-0.05, 0) is 105 Å². The highest BCUT2D eigenvalue weighted by atomic mass is 127. The van der Waals surface area contributed by atoms with Crippen LogP contribution in [-0.2, 0) is 54.4 Å². The van der Waals surface area contributed by atoms with Gasteiger partial charge in [0.05, 0.1) is 38.5 Å². The van der Waals surface area contributed by atoms with Crippen LogP contribution in [0.1, 0.15) is 22.3 Å². The lowest BCUT2D eigenvalue weighted by molar-refractivity contribution is -0.192. The molecule has 1 aliphatic heterocycles. The third-order valence-electron chi connectivity index (χ3n) is 8.98. The average Bonchev–Trinajstić information content (AvgIpc) is 3.22. The second-order valence-electron chi connectivity index (χ2n) is 12.6. The zero-order valence-electron chi connectivity index (χ0n) is 29.8. The minimum absolute atomic E-state index is 0.00388. The van der Waals surface area contributed by atoms with Crippen molar-refractivity contribution in [3.63, 3.8) is 0 Å². The molecule has 11 heteroatoms. The zero-order chi connectivity index (χ0) is 36.5. The molecule has 5 rings (SSSR count). The summed E-state index contributed by atoms with van der Waals surface area (Å²) in [6, 6.07) is 36.2. The number of carbonyl (C=O) groups excluding carboxylic acids is 1. The molecule has 1 fully saturated rings. The van der Waals surface area contributed by atoms with Crippen LogP contribution in [0.2, 0.25) is 0 Å². The topological polar surface area (TPSA) is 78.9 Å². The number of amides is 2. The predicted octanol–water partition coefficient (Wildman–Crippen LogP) is 7.57. The van der Waals surface area contributed by atoms with Crippen LogP contribution in [0.25, 0.3) is 0 Å². The van der Waals surface area contributed by atoms with Gasteiger partial charge < -0.3 is 38.2 Å². The van der Waals surface area contributed by atoms with Crippen molar-refractivity contribution in [3.05, 3.63) is 139 Å². The summed E-state index contributed by atoms with van der Waals surface area (Å²) in [4.78, 5) is 19.5. The molecule has 0 unspecified atom stereocenters. The van der Waals surface area contributed by atoms with Gasteiger partial charge in [0.2, 0.25) is 0 Å². The van der Waals surface area contributed by atoms with Crippen molar-refractivity contribution in [2.75, 3.05) is 54.2 Å². The minimum Gasteiger partial charge on any atom is -0.382 e. The number of halogens is 2. The summed E-state index contributed by atoms with van der Waals surface area (Å²) in [6.07, 6.45) is -0.123. The summed E-state index contributed by atoms with van der Waals surface area (Å²) in [7, 11) is 3.28. The average molecular weight is 935 g/mol. The Hall–Kier alpha value is -2.63. The molecule has 2 amide bonds. The maximum absolute atomic E-state index is 15.5. The van der Waals surface area contributed by atoms with E-state index in [0.29, 0.717) is 52.4 Å². The Morgan fingerprint density at radius 1 is 0.538 bits per heavy atom. The Morgan fingerprint density at radius 2 is 0.942 bits per heavy atom. The summed E-state index contributed by atoms with van der Waals surface area (Å²) in [6.45, 7) is 2.39. The number of ether oxygens (including phenoxy) is 6. The van der Waals surface area contributed by atoms with Crippen LogP contribution in [0, 0.1) is 7.14 Å². The number of urea groups is 1. The van der Waals surface area contributed by atoms with E-state index in [1.54, 1.807) is 14.2 Å². The maximum atomic E-state index is 15.5. The zero-order valence-corrected chi connectivity index (χ0v) is 34.1. The Labute approximate surface area is 335 Å². The molecule has 0 aromatic heterocycles. The molecular weight excluding hydrogens is 886 g/mol. The summed E-state index contributed by atoms with van der Waals surface area (Å²) in [5.41, 5.74) is 4.24. The highest BCUT2D eigenvalue weighted by Gasteiger charge is 2.49. The van der Waals surface area contributed by atoms with E-state index in [9.17, 15) is 0 Å². The highest BCUT2D eigenvalue weighted by Crippen LogP contribution is 2.33. The number of methoxy groups -OCH3 is 2. The Morgan fingerprint density at radius 3 is 1.33 bits per heavy atom. The molecule has 4 aromatic carbocycles. The Balaban J connectivity index is 1.66. The summed E-state index contributed by atoms with van der Waals surface area (Å²) in [5.74, 6) is 0. The number of hydrogen-bond acceptors (Lipinski definition) is 7. The molecule has 4 atom stereocenters. The fraction of sp³-hybridized carbons (Fsp3) is 0.390. The molecule has 4 aromatic rings. The van der Waals surface area contributed by atoms with Crippen molar-refractivity contribution < 1.29 is 33.2 Å². The van der Waals surface area contributed by atoms with Crippen LogP contribution in [0.5, 0.6) is 0 Å². The quantitative estimate of drug-likeness (QED) is 0.0515. The van der Waals surface area contributed by atoms with Crippen molar-refractivity contribution in [1.82, 2.24) is 9.80 Å². The standard InChI is InChI=1S/C41H48I2N2O7/c1-47-19-21-49-29-51-39-37(25-31-11-5-3-6-12-31)44(27-33-15-9-17-35(42)23-33)41(46)45(28-34-16-10-18-36(43)24-34)38(26-32-13-7-4-8-14-32)40(39)52-30-50-22-20-48-2/h3-18,23-24,37-40H,19-22,25-30H2,1-2H3/t37-,38-,39+,40+/m1/s1. The molecule has 0 saturated carbocycles. The molecule has 1 saturated heterocycles. The number of carbonyl (C=O) groups is 1. The van der Waals surface area contributed by atoms with Gasteiger partial charge in [-0.15, -0.1) is 0 Å². The SMILES string of the molecule is COCCOCO[C@@H]1[C@@H](OCOCCOC)[C@@H](Cc2ccccc2)N(Cc2cccc(I)c2)C(=O)N(Cc2cccc(I)c2)[C@@H]1Cc1ccccc1. The molecule has 1 heterocycles. The van der Waals surface area contributed by atoms with Gasteiger partial charge in [0, 0.05) is 34.4 Å². The summed E-state index contributed by atoms with van der Waals surface area (Å²) >= 11 is 4.65. The third kappa shape index (κ3) is 12.2. The molecule has 0 radical (unpaired) electrons. The number of benzene rings is 4. The first kappa shape index (κ1) is 40.6. The normalized spacial score (nSPS) is 19.2. The predicted molar refractivity (Wildman–Crippen MR) is 218 cm³/mol. The van der Waals surface area contributed by atoms with E-state index in [1.807, 2.05) is 58.3 Å². The van der Waals surface area contributed by atoms with E-state index in [1.165, 1.54) is 0 Å². The molecule has 0 spiro atoms. The van der Waals surface area contributed by atoms with Gasteiger partial charge >= 0.3 is 6.03 Å². The lowest BCUT2D eigenvalue weighted by Gasteiger charge is -2.38. The first-order chi connectivity index (χ1) is 25.5. The van der Waals surface area contributed by atoms with Crippen molar-refractivity contribution in [1.29, 1.82) is 0 Å². The summed E-state index contributed by atoms with van der Waals surface area (Å²) < 4.78 is 38.2. The fourth-order valence-corrected chi connectivity index (χ4v) is 7.72. The van der Waals surface area contributed by atoms with Crippen LogP contribution in [-0.4, -0.2) is 94.4 Å². The van der Waals surface area contributed by atoms with E-state index in [4.69, 9.17) is 28.4 Å². The molecule has 52 heavy (non-hydrogen) atoms. The first-order valence-corrected chi connectivity index (χ1v) is 19.6. The maximum Gasteiger partial charge on any atom is 0.321 e. The van der Waals surface area contributed by atoms with Crippen LogP contribution >= 0.6 is 45.2 Å². The number of nitrogens with zero attached hydrogens (tertiary/aromatic N) is 2. The smallest absolute Gasteiger partial charge is 0.321 e. The van der Waals surface area contributed by atoms with Crippen LogP contribution in [0.4, 0.5) is 4.79 Å². The van der Waals surface area contributed by atoms with Gasteiger partial charge in [-0.1, -0.05) is 84.9 Å². The van der Waals surface area contributed by atoms with Gasteiger partial charge in [-0.2, -0.15) is 0 Å². The van der Waals surface area contributed by atoms with Gasteiger partial charge in [-0.25, -0.2) is 4.79 Å². The van der Waals surface area contributed by atoms with Gasteiger partial charge in [-0.3, -0.25) is 0 Å². The Kier molecular flexibility index (Phi) is 17.1. The Bertz CT molecular complexity index is 1520. The molecule has 9 nitrogen and oxygen atoms in total. The second-order valence-corrected chi connectivity index (χ2v) is 15.1. The van der Waals surface area contributed by atoms with Crippen LogP contribution in [0.15, 0.2) is 109 Å². The molecule has 278 valence electrons. The van der Waals surface area contributed by atoms with E-state index in [0.717, 1.165) is 29.4 Å². The van der Waals surface area contributed by atoms with Crippen molar-refractivity contribution >= 4 is 51.2 Å². The van der Waals surface area contributed by atoms with Crippen LogP contribution < -0.4 is 0 Å². The van der Waals surface area contributed by atoms with E-state index in [-0.39, 0.29) is 19.6 Å². The number of hydrogen-bond donors (Lipinski definition) is 0. The third-order valence-corrected chi connectivity index (χ3v) is 10.3. The lowest BCUT2D eigenvalue weighted by Crippen LogP contribution is -2.53. The van der Waals surface area contributed by atoms with Crippen molar-refractivity contribution in [2.45, 2.75) is 50.2 Å². The summed E-state index contributed by atoms with van der Waals surface area (Å²) in [5, 5.41) is 0. The van der Waals surface area contributed by atoms with Gasteiger partial charge in [0.1, 0.15) is 25.8 Å². The largest absolute Gasteiger partial charge is 0.382 e. The molecule has 0 aliphatic carbocycles. The molecule has 1 aliphatic rings. The highest BCUT2D eigenvalue weighted by molar-refractivity contribution is 14.1. The fourth-order valence-electron chi connectivity index (χ4n) is 6.51. The van der Waals surface area contributed by atoms with Gasteiger partial charge in [0.15, 0.2) is 0 Å². The minimum atomic E-state index is -0.602. The van der Waals surface area contributed by atoms with Crippen molar-refractivity contribution in [3.8, 4) is 0 Å². The van der Waals surface area contributed by atoms with E-state index >= 15 is 4.79 Å². The number of rotatable bonds is 20. The monoisotopic (exact) mass is 934 g/mol. The van der Waals surface area contributed by atoms with Gasteiger partial charge in [0.25, 0.3) is 0 Å². The molecule has 0 N–H and O–H groups in total. The first-order valence-electron chi connectivity index (χ1n) is 17.5. The molecule has 0 bridgehead atoms. The van der Waals surface area contributed by atoms with E-state index < -0.39 is 24.3 Å². The second kappa shape index (κ2) is 21.9. The lowest BCUT2D eigenvalue weighted by atomic mass is 9.90. The van der Waals surface area contributed by atoms with Crippen LogP contribution in [0.3, 0.4) is 0 Å².